The van der Waals surface area contributed by atoms with Gasteiger partial charge in [0, 0.05) is 0 Å². The highest BCUT2D eigenvalue weighted by Crippen LogP contribution is 2.41. The third-order valence-electron chi connectivity index (χ3n) is 4.03. The first-order valence-corrected chi connectivity index (χ1v) is 9.96. The van der Waals surface area contributed by atoms with E-state index in [4.69, 9.17) is 18.9 Å². The number of thioether (sulfide) groups is 2. The Labute approximate surface area is 140 Å². The fraction of sp³-hybridized carbons (Fsp3) is 1.00. The van der Waals surface area contributed by atoms with Gasteiger partial charge in [-0.05, 0) is 45.6 Å². The fourth-order valence-electron chi connectivity index (χ4n) is 3.10. The largest absolute Gasteiger partial charge is 0.388 e. The number of aliphatic hydroxyl groups excluding tert-OH is 1. The van der Waals surface area contributed by atoms with Crippen LogP contribution in [0.2, 0.25) is 0 Å². The lowest BCUT2D eigenvalue weighted by molar-refractivity contribution is -0.266. The monoisotopic (exact) mass is 350 g/mol. The van der Waals surface area contributed by atoms with E-state index in [0.717, 1.165) is 11.5 Å². The van der Waals surface area contributed by atoms with Crippen LogP contribution in [0, 0.1) is 0 Å². The van der Waals surface area contributed by atoms with Gasteiger partial charge in [0.15, 0.2) is 11.6 Å². The predicted octanol–water partition coefficient (Wildman–Crippen LogP) is 2.22. The third kappa shape index (κ3) is 3.77. The van der Waals surface area contributed by atoms with Crippen LogP contribution < -0.4 is 0 Å². The van der Waals surface area contributed by atoms with E-state index in [-0.39, 0.29) is 16.8 Å². The molecule has 3 rings (SSSR count). The van der Waals surface area contributed by atoms with Crippen LogP contribution in [-0.4, -0.2) is 63.8 Å². The van der Waals surface area contributed by atoms with E-state index in [1.807, 2.05) is 27.7 Å². The quantitative estimate of drug-likeness (QED) is 0.819. The van der Waals surface area contributed by atoms with Gasteiger partial charge in [0.1, 0.15) is 24.4 Å². The predicted molar refractivity (Wildman–Crippen MR) is 88.1 cm³/mol. The van der Waals surface area contributed by atoms with E-state index >= 15 is 0 Å². The highest BCUT2D eigenvalue weighted by molar-refractivity contribution is 8.17. The molecule has 5 nitrogen and oxygen atoms in total. The first-order valence-electron chi connectivity index (χ1n) is 7.86. The first-order chi connectivity index (χ1) is 10.3. The molecule has 0 unspecified atom stereocenters. The van der Waals surface area contributed by atoms with E-state index in [2.05, 4.69) is 0 Å². The molecule has 128 valence electrons. The molecule has 0 aromatic rings. The van der Waals surface area contributed by atoms with E-state index < -0.39 is 23.8 Å². The van der Waals surface area contributed by atoms with Crippen LogP contribution in [0.4, 0.5) is 0 Å². The van der Waals surface area contributed by atoms with Crippen LogP contribution >= 0.6 is 23.5 Å². The number of ether oxygens (including phenoxy) is 4. The van der Waals surface area contributed by atoms with E-state index in [0.29, 0.717) is 6.61 Å². The Morgan fingerprint density at radius 3 is 2.36 bits per heavy atom. The number of aliphatic hydroxyl groups is 1. The average molecular weight is 351 g/mol. The van der Waals surface area contributed by atoms with Crippen LogP contribution in [0.5, 0.6) is 0 Å². The van der Waals surface area contributed by atoms with Gasteiger partial charge in [0.2, 0.25) is 0 Å². The molecule has 0 aromatic heterocycles. The van der Waals surface area contributed by atoms with Gasteiger partial charge in [-0.1, -0.05) is 0 Å². The van der Waals surface area contributed by atoms with Crippen LogP contribution in [0.15, 0.2) is 0 Å². The van der Waals surface area contributed by atoms with Crippen molar-refractivity contribution in [2.45, 2.75) is 74.7 Å². The molecule has 0 aromatic carbocycles. The van der Waals surface area contributed by atoms with Gasteiger partial charge < -0.3 is 24.1 Å². The highest BCUT2D eigenvalue weighted by atomic mass is 32.2. The van der Waals surface area contributed by atoms with E-state index in [1.54, 1.807) is 23.5 Å². The van der Waals surface area contributed by atoms with Crippen molar-refractivity contribution in [3.63, 3.8) is 0 Å². The molecule has 3 saturated heterocycles. The Bertz CT molecular complexity index is 397. The van der Waals surface area contributed by atoms with Crippen molar-refractivity contribution in [2.75, 3.05) is 18.1 Å². The summed E-state index contributed by atoms with van der Waals surface area (Å²) in [6, 6.07) is 0. The van der Waals surface area contributed by atoms with Gasteiger partial charge in [-0.2, -0.15) is 0 Å². The van der Waals surface area contributed by atoms with Gasteiger partial charge in [-0.25, -0.2) is 0 Å². The molecule has 7 heteroatoms. The van der Waals surface area contributed by atoms with E-state index in [1.165, 1.54) is 6.42 Å². The molecular weight excluding hydrogens is 324 g/mol. The Balaban J connectivity index is 1.80. The second-order valence-electron chi connectivity index (χ2n) is 6.89. The fourth-order valence-corrected chi connectivity index (χ4v) is 6.04. The molecule has 3 heterocycles. The van der Waals surface area contributed by atoms with Gasteiger partial charge in [0.25, 0.3) is 0 Å². The molecule has 0 spiro atoms. The summed E-state index contributed by atoms with van der Waals surface area (Å²) in [5.74, 6) is 0.738. The Hall–Kier alpha value is 0.500. The molecule has 0 radical (unpaired) electrons. The van der Waals surface area contributed by atoms with Crippen LogP contribution in [0.3, 0.4) is 0 Å². The number of rotatable bonds is 2. The van der Waals surface area contributed by atoms with Crippen molar-refractivity contribution < 1.29 is 24.1 Å². The molecular formula is C15H26O5S2. The summed E-state index contributed by atoms with van der Waals surface area (Å²) < 4.78 is 24.0. The summed E-state index contributed by atoms with van der Waals surface area (Å²) >= 11 is 3.60. The van der Waals surface area contributed by atoms with Gasteiger partial charge >= 0.3 is 0 Å². The lowest BCUT2D eigenvalue weighted by Crippen LogP contribution is -2.50. The summed E-state index contributed by atoms with van der Waals surface area (Å²) in [5, 5.41) is 10.9. The zero-order valence-corrected chi connectivity index (χ0v) is 15.2. The second kappa shape index (κ2) is 6.43. The number of fused-ring (bicyclic) bond motifs is 1. The molecule has 22 heavy (non-hydrogen) atoms. The normalized spacial score (nSPS) is 40.0. The van der Waals surface area contributed by atoms with Crippen molar-refractivity contribution in [2.24, 2.45) is 0 Å². The smallest absolute Gasteiger partial charge is 0.164 e. The van der Waals surface area contributed by atoms with Crippen molar-refractivity contribution in [1.82, 2.24) is 0 Å². The van der Waals surface area contributed by atoms with Crippen LogP contribution in [-0.2, 0) is 18.9 Å². The van der Waals surface area contributed by atoms with Gasteiger partial charge in [-0.15, -0.1) is 23.5 Å². The molecule has 0 aliphatic carbocycles. The van der Waals surface area contributed by atoms with Crippen molar-refractivity contribution in [1.29, 1.82) is 0 Å². The Morgan fingerprint density at radius 2 is 1.68 bits per heavy atom. The average Bonchev–Trinajstić information content (AvgIpc) is 2.72. The molecule has 0 saturated carbocycles. The molecule has 1 N–H and O–H groups in total. The molecule has 3 fully saturated rings. The maximum absolute atomic E-state index is 10.9. The third-order valence-corrected chi connectivity index (χ3v) is 7.11. The standard InChI is InChI=1S/C15H26O5S2/c1-14(2)17-8-9-11(19-15(3,4)18-9)12(20-14)10(16)13-21-6-5-7-22-13/h9-13,16H,5-8H2,1-4H3/t9-,10-,11+,12+/m0/s1. The van der Waals surface area contributed by atoms with Crippen molar-refractivity contribution in [3.05, 3.63) is 0 Å². The van der Waals surface area contributed by atoms with Crippen molar-refractivity contribution in [3.8, 4) is 0 Å². The van der Waals surface area contributed by atoms with Crippen LogP contribution in [0.1, 0.15) is 34.1 Å². The van der Waals surface area contributed by atoms with Gasteiger partial charge in [0.05, 0.1) is 11.2 Å². The molecule has 4 atom stereocenters. The minimum absolute atomic E-state index is 0.112. The topological polar surface area (TPSA) is 57.2 Å². The minimum atomic E-state index is -0.753. The molecule has 3 aliphatic rings. The lowest BCUT2D eigenvalue weighted by atomic mass is 10.0. The SMILES string of the molecule is CC1(C)OC[C@@H]2OC(C)(C)O[C@H]2[C@@H]([C@H](O)C2SCCCS2)O1. The first kappa shape index (κ1) is 17.3. The minimum Gasteiger partial charge on any atom is -0.388 e. The summed E-state index contributed by atoms with van der Waals surface area (Å²) in [7, 11) is 0. The highest BCUT2D eigenvalue weighted by Gasteiger charge is 2.53. The number of hydrogen-bond acceptors (Lipinski definition) is 7. The summed E-state index contributed by atoms with van der Waals surface area (Å²) in [5.41, 5.74) is 0. The molecule has 0 amide bonds. The summed E-state index contributed by atoms with van der Waals surface area (Å²) in [6.45, 7) is 7.94. The van der Waals surface area contributed by atoms with E-state index in [9.17, 15) is 5.11 Å². The molecule has 0 bridgehead atoms. The Morgan fingerprint density at radius 1 is 1.00 bits per heavy atom. The second-order valence-corrected chi connectivity index (χ2v) is 9.68. The lowest BCUT2D eigenvalue weighted by Gasteiger charge is -2.36. The Kier molecular flexibility index (Phi) is 5.06. The molecule has 3 aliphatic heterocycles. The maximum atomic E-state index is 10.9. The maximum Gasteiger partial charge on any atom is 0.164 e. The summed E-state index contributed by atoms with van der Waals surface area (Å²) in [6.07, 6.45) is -0.393. The van der Waals surface area contributed by atoms with Gasteiger partial charge in [-0.3, -0.25) is 0 Å². The zero-order chi connectivity index (χ0) is 16.0. The zero-order valence-electron chi connectivity index (χ0n) is 13.6. The van der Waals surface area contributed by atoms with Crippen LogP contribution in [0.25, 0.3) is 0 Å². The van der Waals surface area contributed by atoms with Crippen molar-refractivity contribution >= 4 is 23.5 Å². The summed E-state index contributed by atoms with van der Waals surface area (Å²) in [4.78, 5) is 0. The number of hydrogen-bond donors (Lipinski definition) is 1.